The van der Waals surface area contributed by atoms with Gasteiger partial charge in [0.15, 0.2) is 0 Å². The van der Waals surface area contributed by atoms with Gasteiger partial charge in [0.05, 0.1) is 10.4 Å². The van der Waals surface area contributed by atoms with Gasteiger partial charge in [-0.3, -0.25) is 4.79 Å². The van der Waals surface area contributed by atoms with Crippen LogP contribution in [0, 0.1) is 23.5 Å². The second-order valence-corrected chi connectivity index (χ2v) is 5.97. The molecule has 1 aromatic rings. The standard InChI is InChI=1S/C14H18BrF2NO2/c1-8(2)5-9(14(19)20)6-18-7-10-12(16)4-3-11(15)13(10)17/h3-4,8-9,18H,5-7H2,1-2H3,(H,19,20). The molecule has 0 fully saturated rings. The predicted molar refractivity (Wildman–Crippen MR) is 76.3 cm³/mol. The van der Waals surface area contributed by atoms with Gasteiger partial charge >= 0.3 is 5.97 Å². The van der Waals surface area contributed by atoms with Crippen molar-refractivity contribution in [3.8, 4) is 0 Å². The third-order valence-corrected chi connectivity index (χ3v) is 3.55. The number of benzene rings is 1. The van der Waals surface area contributed by atoms with Crippen molar-refractivity contribution < 1.29 is 18.7 Å². The fraction of sp³-hybridized carbons (Fsp3) is 0.500. The lowest BCUT2D eigenvalue weighted by molar-refractivity contribution is -0.142. The minimum atomic E-state index is -0.901. The van der Waals surface area contributed by atoms with E-state index in [2.05, 4.69) is 21.2 Å². The molecule has 0 aromatic heterocycles. The van der Waals surface area contributed by atoms with E-state index in [0.717, 1.165) is 0 Å². The molecule has 1 rings (SSSR count). The monoisotopic (exact) mass is 349 g/mol. The number of hydrogen-bond acceptors (Lipinski definition) is 2. The van der Waals surface area contributed by atoms with Crippen LogP contribution in [-0.2, 0) is 11.3 Å². The maximum absolute atomic E-state index is 13.7. The number of nitrogens with one attached hydrogen (secondary N) is 1. The van der Waals surface area contributed by atoms with Crippen LogP contribution in [0.4, 0.5) is 8.78 Å². The molecule has 0 saturated heterocycles. The van der Waals surface area contributed by atoms with Crippen LogP contribution < -0.4 is 5.32 Å². The van der Waals surface area contributed by atoms with Crippen LogP contribution in [0.2, 0.25) is 0 Å². The maximum Gasteiger partial charge on any atom is 0.307 e. The molecule has 3 nitrogen and oxygen atoms in total. The first-order valence-electron chi connectivity index (χ1n) is 6.38. The molecule has 0 amide bonds. The molecule has 0 aliphatic heterocycles. The van der Waals surface area contributed by atoms with E-state index in [1.807, 2.05) is 13.8 Å². The third-order valence-electron chi connectivity index (χ3n) is 2.94. The fourth-order valence-electron chi connectivity index (χ4n) is 1.94. The van der Waals surface area contributed by atoms with Crippen LogP contribution in [0.15, 0.2) is 16.6 Å². The average molecular weight is 350 g/mol. The quantitative estimate of drug-likeness (QED) is 0.740. The van der Waals surface area contributed by atoms with Crippen molar-refractivity contribution in [1.82, 2.24) is 5.32 Å². The van der Waals surface area contributed by atoms with Gasteiger partial charge < -0.3 is 10.4 Å². The smallest absolute Gasteiger partial charge is 0.307 e. The van der Waals surface area contributed by atoms with Crippen molar-refractivity contribution >= 4 is 21.9 Å². The van der Waals surface area contributed by atoms with Crippen molar-refractivity contribution in [2.75, 3.05) is 6.54 Å². The Balaban J connectivity index is 2.63. The molecule has 0 aliphatic carbocycles. The highest BCUT2D eigenvalue weighted by atomic mass is 79.9. The van der Waals surface area contributed by atoms with Crippen molar-refractivity contribution in [3.63, 3.8) is 0 Å². The molecule has 1 aromatic carbocycles. The minimum absolute atomic E-state index is 0.0427. The topological polar surface area (TPSA) is 49.3 Å². The van der Waals surface area contributed by atoms with E-state index in [4.69, 9.17) is 5.11 Å². The number of carboxylic acid groups (broad SMARTS) is 1. The Kier molecular flexibility index (Phi) is 6.55. The van der Waals surface area contributed by atoms with Gasteiger partial charge in [0.1, 0.15) is 11.6 Å². The molecule has 1 atom stereocenters. The summed E-state index contributed by atoms with van der Waals surface area (Å²) in [5.41, 5.74) is -0.0898. The van der Waals surface area contributed by atoms with Crippen molar-refractivity contribution in [2.24, 2.45) is 11.8 Å². The molecule has 0 bridgehead atoms. The highest BCUT2D eigenvalue weighted by Gasteiger charge is 2.19. The molecule has 20 heavy (non-hydrogen) atoms. The van der Waals surface area contributed by atoms with Crippen molar-refractivity contribution in [1.29, 1.82) is 0 Å². The molecule has 0 heterocycles. The SMILES string of the molecule is CC(C)CC(CNCc1c(F)ccc(Br)c1F)C(=O)O. The highest BCUT2D eigenvalue weighted by Crippen LogP contribution is 2.21. The van der Waals surface area contributed by atoms with E-state index in [0.29, 0.717) is 6.42 Å². The van der Waals surface area contributed by atoms with E-state index >= 15 is 0 Å². The first-order valence-corrected chi connectivity index (χ1v) is 7.18. The van der Waals surface area contributed by atoms with Crippen LogP contribution in [-0.4, -0.2) is 17.6 Å². The first kappa shape index (κ1) is 17.0. The van der Waals surface area contributed by atoms with Crippen LogP contribution in [0.3, 0.4) is 0 Å². The van der Waals surface area contributed by atoms with Crippen molar-refractivity contribution in [2.45, 2.75) is 26.8 Å². The second-order valence-electron chi connectivity index (χ2n) is 5.12. The molecule has 6 heteroatoms. The highest BCUT2D eigenvalue weighted by molar-refractivity contribution is 9.10. The number of halogens is 3. The Morgan fingerprint density at radius 3 is 2.60 bits per heavy atom. The van der Waals surface area contributed by atoms with E-state index in [1.54, 1.807) is 0 Å². The third kappa shape index (κ3) is 4.83. The molecular formula is C14H18BrF2NO2. The van der Waals surface area contributed by atoms with Gasteiger partial charge in [0.2, 0.25) is 0 Å². The van der Waals surface area contributed by atoms with Gasteiger partial charge in [0.25, 0.3) is 0 Å². The number of carboxylic acids is 1. The van der Waals surface area contributed by atoms with E-state index in [9.17, 15) is 13.6 Å². The summed E-state index contributed by atoms with van der Waals surface area (Å²) >= 11 is 2.99. The molecule has 112 valence electrons. The first-order chi connectivity index (χ1) is 9.32. The van der Waals surface area contributed by atoms with Crippen LogP contribution >= 0.6 is 15.9 Å². The number of hydrogen-bond donors (Lipinski definition) is 2. The Bertz CT molecular complexity index is 480. The van der Waals surface area contributed by atoms with Gasteiger partial charge in [-0.15, -0.1) is 0 Å². The lowest BCUT2D eigenvalue weighted by Crippen LogP contribution is -2.29. The van der Waals surface area contributed by atoms with Gasteiger partial charge in [0, 0.05) is 18.7 Å². The molecule has 0 radical (unpaired) electrons. The number of aliphatic carboxylic acids is 1. The molecule has 0 aliphatic rings. The molecule has 0 spiro atoms. The zero-order valence-corrected chi connectivity index (χ0v) is 13.0. The van der Waals surface area contributed by atoms with Crippen molar-refractivity contribution in [3.05, 3.63) is 33.8 Å². The summed E-state index contributed by atoms with van der Waals surface area (Å²) in [5.74, 6) is -2.52. The van der Waals surface area contributed by atoms with E-state index in [-0.39, 0.29) is 29.0 Å². The van der Waals surface area contributed by atoms with Crippen LogP contribution in [0.5, 0.6) is 0 Å². The molecular weight excluding hydrogens is 332 g/mol. The van der Waals surface area contributed by atoms with Crippen LogP contribution in [0.25, 0.3) is 0 Å². The summed E-state index contributed by atoms with van der Waals surface area (Å²) in [6.07, 6.45) is 0.520. The fourth-order valence-corrected chi connectivity index (χ4v) is 2.31. The second kappa shape index (κ2) is 7.69. The van der Waals surface area contributed by atoms with Gasteiger partial charge in [-0.2, -0.15) is 0 Å². The summed E-state index contributed by atoms with van der Waals surface area (Å²) in [6.45, 7) is 4.01. The van der Waals surface area contributed by atoms with Gasteiger partial charge in [-0.05, 0) is 40.4 Å². The largest absolute Gasteiger partial charge is 0.481 e. The number of rotatable bonds is 7. The van der Waals surface area contributed by atoms with Gasteiger partial charge in [-0.25, -0.2) is 8.78 Å². The Hall–Kier alpha value is -1.01. The lowest BCUT2D eigenvalue weighted by Gasteiger charge is -2.16. The minimum Gasteiger partial charge on any atom is -0.481 e. The summed E-state index contributed by atoms with van der Waals surface area (Å²) in [7, 11) is 0. The van der Waals surface area contributed by atoms with Crippen LogP contribution in [0.1, 0.15) is 25.8 Å². The zero-order valence-electron chi connectivity index (χ0n) is 11.4. The molecule has 0 saturated carbocycles. The zero-order chi connectivity index (χ0) is 15.3. The van der Waals surface area contributed by atoms with Gasteiger partial charge in [-0.1, -0.05) is 13.8 Å². The molecule has 2 N–H and O–H groups in total. The average Bonchev–Trinajstić information content (AvgIpc) is 2.36. The Morgan fingerprint density at radius 1 is 1.40 bits per heavy atom. The molecule has 1 unspecified atom stereocenters. The summed E-state index contributed by atoms with van der Waals surface area (Å²) in [5, 5.41) is 11.9. The summed E-state index contributed by atoms with van der Waals surface area (Å²) in [6, 6.07) is 2.47. The van der Waals surface area contributed by atoms with E-state index in [1.165, 1.54) is 12.1 Å². The maximum atomic E-state index is 13.7. The normalized spacial score (nSPS) is 12.7. The lowest BCUT2D eigenvalue weighted by atomic mass is 9.97. The Labute approximate surface area is 125 Å². The summed E-state index contributed by atoms with van der Waals surface area (Å²) < 4.78 is 27.4. The van der Waals surface area contributed by atoms with E-state index < -0.39 is 23.5 Å². The predicted octanol–water partition coefficient (Wildman–Crippen LogP) is 3.56. The number of carbonyl (C=O) groups is 1. The Morgan fingerprint density at radius 2 is 2.05 bits per heavy atom. The summed E-state index contributed by atoms with van der Waals surface area (Å²) in [4.78, 5) is 11.1.